The van der Waals surface area contributed by atoms with Crippen LogP contribution in [0.3, 0.4) is 0 Å². The van der Waals surface area contributed by atoms with E-state index < -0.39 is 18.1 Å². The van der Waals surface area contributed by atoms with Crippen LogP contribution < -0.4 is 0 Å². The van der Waals surface area contributed by atoms with Crippen molar-refractivity contribution in [2.75, 3.05) is 20.3 Å². The summed E-state index contributed by atoms with van der Waals surface area (Å²) in [6.07, 6.45) is 1.37. The first kappa shape index (κ1) is 14.9. The summed E-state index contributed by atoms with van der Waals surface area (Å²) in [5, 5.41) is 8.83. The Morgan fingerprint density at radius 1 is 1.50 bits per heavy atom. The van der Waals surface area contributed by atoms with E-state index in [9.17, 15) is 9.59 Å². The van der Waals surface area contributed by atoms with Gasteiger partial charge >= 0.3 is 5.97 Å². The number of likely N-dealkylation sites (N-methyl/N-ethyl adjacent to an activating group) is 1. The monoisotopic (exact) mass is 259 g/mol. The molecular weight excluding hydrogens is 238 g/mol. The molecule has 6 nitrogen and oxygen atoms in total. The van der Waals surface area contributed by atoms with Crippen molar-refractivity contribution in [2.45, 2.75) is 44.9 Å². The summed E-state index contributed by atoms with van der Waals surface area (Å²) in [6.45, 7) is 4.21. The summed E-state index contributed by atoms with van der Waals surface area (Å²) < 4.78 is 10.8. The Morgan fingerprint density at radius 3 is 2.67 bits per heavy atom. The lowest BCUT2D eigenvalue weighted by Gasteiger charge is -2.25. The van der Waals surface area contributed by atoms with Crippen molar-refractivity contribution in [3.8, 4) is 0 Å². The zero-order valence-electron chi connectivity index (χ0n) is 11.1. The van der Waals surface area contributed by atoms with Crippen LogP contribution in [0.5, 0.6) is 0 Å². The first-order valence-corrected chi connectivity index (χ1v) is 6.16. The predicted octanol–water partition coefficient (Wildman–Crippen LogP) is 0.502. The average Bonchev–Trinajstić information content (AvgIpc) is 2.86. The number of carbonyl (C=O) groups excluding carboxylic acids is 1. The average molecular weight is 259 g/mol. The number of amides is 1. The van der Waals surface area contributed by atoms with Gasteiger partial charge in [0.2, 0.25) is 0 Å². The van der Waals surface area contributed by atoms with Crippen LogP contribution in [-0.2, 0) is 19.1 Å². The summed E-state index contributed by atoms with van der Waals surface area (Å²) in [4.78, 5) is 23.9. The number of rotatable bonds is 6. The molecule has 1 saturated heterocycles. The number of aliphatic carboxylic acids is 1. The number of hydrogen-bond acceptors (Lipinski definition) is 4. The van der Waals surface area contributed by atoms with Crippen LogP contribution in [0.4, 0.5) is 0 Å². The van der Waals surface area contributed by atoms with Gasteiger partial charge in [-0.15, -0.1) is 0 Å². The maximum Gasteiger partial charge on any atom is 0.326 e. The van der Waals surface area contributed by atoms with Crippen molar-refractivity contribution in [2.24, 2.45) is 0 Å². The van der Waals surface area contributed by atoms with Crippen molar-refractivity contribution in [3.63, 3.8) is 0 Å². The molecule has 3 atom stereocenters. The second-order valence-corrected chi connectivity index (χ2v) is 4.57. The molecule has 0 bridgehead atoms. The standard InChI is InChI=1S/C12H21NO5/c1-8(12(15)16)13(3)11(14)9(2)18-7-10-5-4-6-17-10/h8-10H,4-7H2,1-3H3,(H,15,16)/t8-,9+,10-/m1/s1. The van der Waals surface area contributed by atoms with Crippen molar-refractivity contribution in [3.05, 3.63) is 0 Å². The van der Waals surface area contributed by atoms with Crippen molar-refractivity contribution in [1.29, 1.82) is 0 Å². The smallest absolute Gasteiger partial charge is 0.326 e. The van der Waals surface area contributed by atoms with Gasteiger partial charge in [0.1, 0.15) is 12.1 Å². The Labute approximate surface area is 107 Å². The Bertz CT molecular complexity index is 301. The number of nitrogens with zero attached hydrogens (tertiary/aromatic N) is 1. The van der Waals surface area contributed by atoms with E-state index in [1.54, 1.807) is 6.92 Å². The molecule has 0 unspecified atom stereocenters. The van der Waals surface area contributed by atoms with Gasteiger partial charge in [0, 0.05) is 13.7 Å². The summed E-state index contributed by atoms with van der Waals surface area (Å²) in [7, 11) is 1.47. The number of carboxylic acid groups (broad SMARTS) is 1. The van der Waals surface area contributed by atoms with Gasteiger partial charge in [0.05, 0.1) is 12.7 Å². The molecule has 0 aromatic carbocycles. The molecule has 104 valence electrons. The van der Waals surface area contributed by atoms with Gasteiger partial charge < -0.3 is 19.5 Å². The zero-order valence-corrected chi connectivity index (χ0v) is 11.1. The molecule has 1 fully saturated rings. The van der Waals surface area contributed by atoms with Crippen LogP contribution in [0.15, 0.2) is 0 Å². The molecule has 1 amide bonds. The second kappa shape index (κ2) is 6.70. The number of hydrogen-bond donors (Lipinski definition) is 1. The Balaban J connectivity index is 2.37. The van der Waals surface area contributed by atoms with E-state index in [4.69, 9.17) is 14.6 Å². The topological polar surface area (TPSA) is 76.1 Å². The van der Waals surface area contributed by atoms with Crippen LogP contribution in [-0.4, -0.2) is 60.4 Å². The lowest BCUT2D eigenvalue weighted by molar-refractivity contribution is -0.154. The van der Waals surface area contributed by atoms with E-state index in [-0.39, 0.29) is 12.0 Å². The van der Waals surface area contributed by atoms with Crippen LogP contribution in [0.1, 0.15) is 26.7 Å². The minimum atomic E-state index is -1.03. The Morgan fingerprint density at radius 2 is 2.17 bits per heavy atom. The molecule has 0 aromatic heterocycles. The fourth-order valence-electron chi connectivity index (χ4n) is 1.74. The van der Waals surface area contributed by atoms with Gasteiger partial charge in [0.15, 0.2) is 0 Å². The van der Waals surface area contributed by atoms with Gasteiger partial charge in [-0.1, -0.05) is 0 Å². The summed E-state index contributed by atoms with van der Waals surface area (Å²) in [6, 6.07) is -0.855. The SMILES string of the molecule is C[C@H](OC[C@H]1CCCO1)C(=O)N(C)[C@H](C)C(=O)O. The predicted molar refractivity (Wildman–Crippen MR) is 64.3 cm³/mol. The van der Waals surface area contributed by atoms with Gasteiger partial charge in [-0.2, -0.15) is 0 Å². The molecule has 1 heterocycles. The number of ether oxygens (including phenoxy) is 2. The highest BCUT2D eigenvalue weighted by Gasteiger charge is 2.27. The van der Waals surface area contributed by atoms with Gasteiger partial charge in [-0.25, -0.2) is 4.79 Å². The molecule has 0 aromatic rings. The summed E-state index contributed by atoms with van der Waals surface area (Å²) in [5.41, 5.74) is 0. The molecule has 0 aliphatic carbocycles. The van der Waals surface area contributed by atoms with E-state index in [1.807, 2.05) is 0 Å². The third-order valence-electron chi connectivity index (χ3n) is 3.19. The first-order valence-electron chi connectivity index (χ1n) is 6.16. The highest BCUT2D eigenvalue weighted by molar-refractivity contribution is 5.85. The second-order valence-electron chi connectivity index (χ2n) is 4.57. The van der Waals surface area contributed by atoms with E-state index >= 15 is 0 Å². The Hall–Kier alpha value is -1.14. The van der Waals surface area contributed by atoms with E-state index in [2.05, 4.69) is 0 Å². The van der Waals surface area contributed by atoms with Gasteiger partial charge in [-0.3, -0.25) is 4.79 Å². The molecule has 6 heteroatoms. The van der Waals surface area contributed by atoms with Crippen molar-refractivity contribution in [1.82, 2.24) is 4.90 Å². The number of carbonyl (C=O) groups is 2. The number of carboxylic acids is 1. The van der Waals surface area contributed by atoms with Gasteiger partial charge in [0.25, 0.3) is 5.91 Å². The maximum atomic E-state index is 11.9. The third-order valence-corrected chi connectivity index (χ3v) is 3.19. The fraction of sp³-hybridized carbons (Fsp3) is 0.833. The van der Waals surface area contributed by atoms with E-state index in [1.165, 1.54) is 18.9 Å². The Kier molecular flexibility index (Phi) is 5.55. The molecule has 1 N–H and O–H groups in total. The van der Waals surface area contributed by atoms with Gasteiger partial charge in [-0.05, 0) is 26.7 Å². The third kappa shape index (κ3) is 3.96. The highest BCUT2D eigenvalue weighted by atomic mass is 16.5. The lowest BCUT2D eigenvalue weighted by Crippen LogP contribution is -2.45. The minimum absolute atomic E-state index is 0.0578. The maximum absolute atomic E-state index is 11.9. The fourth-order valence-corrected chi connectivity index (χ4v) is 1.74. The van der Waals surface area contributed by atoms with Crippen LogP contribution in [0.2, 0.25) is 0 Å². The largest absolute Gasteiger partial charge is 0.480 e. The minimum Gasteiger partial charge on any atom is -0.480 e. The molecular formula is C12H21NO5. The lowest BCUT2D eigenvalue weighted by atomic mass is 10.2. The van der Waals surface area contributed by atoms with Crippen LogP contribution >= 0.6 is 0 Å². The molecule has 1 aliphatic heterocycles. The quantitative estimate of drug-likeness (QED) is 0.751. The van der Waals surface area contributed by atoms with Crippen LogP contribution in [0.25, 0.3) is 0 Å². The normalized spacial score (nSPS) is 22.5. The first-order chi connectivity index (χ1) is 8.43. The van der Waals surface area contributed by atoms with E-state index in [0.29, 0.717) is 6.61 Å². The molecule has 1 aliphatic rings. The van der Waals surface area contributed by atoms with Crippen molar-refractivity contribution >= 4 is 11.9 Å². The molecule has 18 heavy (non-hydrogen) atoms. The van der Waals surface area contributed by atoms with Crippen molar-refractivity contribution < 1.29 is 24.2 Å². The van der Waals surface area contributed by atoms with Crippen LogP contribution in [0, 0.1) is 0 Å². The van der Waals surface area contributed by atoms with E-state index in [0.717, 1.165) is 19.4 Å². The molecule has 0 spiro atoms. The molecule has 0 saturated carbocycles. The molecule has 0 radical (unpaired) electrons. The zero-order chi connectivity index (χ0) is 13.7. The molecule has 1 rings (SSSR count). The summed E-state index contributed by atoms with van der Waals surface area (Å²) >= 11 is 0. The summed E-state index contributed by atoms with van der Waals surface area (Å²) in [5.74, 6) is -1.36. The highest BCUT2D eigenvalue weighted by Crippen LogP contribution is 2.13.